The van der Waals surface area contributed by atoms with Crippen molar-refractivity contribution in [3.8, 4) is 0 Å². The lowest BCUT2D eigenvalue weighted by Crippen LogP contribution is -2.47. The Kier molecular flexibility index (Phi) is 7.71. The second-order valence-corrected chi connectivity index (χ2v) is 7.92. The highest BCUT2D eigenvalue weighted by molar-refractivity contribution is 6.30. The molecular weight excluding hydrogens is 402 g/mol. The minimum Gasteiger partial charge on any atom is -0.378 e. The van der Waals surface area contributed by atoms with Gasteiger partial charge in [-0.2, -0.15) is 0 Å². The van der Waals surface area contributed by atoms with Crippen LogP contribution >= 0.6 is 11.6 Å². The van der Waals surface area contributed by atoms with E-state index in [1.807, 2.05) is 38.1 Å². The first-order valence-electron chi connectivity index (χ1n) is 10.3. The monoisotopic (exact) mass is 429 g/mol. The van der Waals surface area contributed by atoms with E-state index in [0.717, 1.165) is 38.4 Å². The zero-order valence-corrected chi connectivity index (χ0v) is 18.1. The molecule has 1 aliphatic rings. The Labute approximate surface area is 182 Å². The van der Waals surface area contributed by atoms with Crippen LogP contribution in [0.4, 0.5) is 11.4 Å². The Bertz CT molecular complexity index is 849. The molecule has 160 valence electrons. The van der Waals surface area contributed by atoms with Crippen LogP contribution in [0.15, 0.2) is 48.5 Å². The summed E-state index contributed by atoms with van der Waals surface area (Å²) in [6, 6.07) is 13.7. The topological polar surface area (TPSA) is 70.7 Å². The summed E-state index contributed by atoms with van der Waals surface area (Å²) in [7, 11) is 0. The number of carbonyl (C=O) groups excluding carboxylic acids is 2. The lowest BCUT2D eigenvalue weighted by molar-refractivity contribution is -0.119. The number of morpholine rings is 1. The van der Waals surface area contributed by atoms with Crippen LogP contribution in [-0.4, -0.2) is 44.2 Å². The average Bonchev–Trinajstić information content (AvgIpc) is 2.78. The van der Waals surface area contributed by atoms with Crippen molar-refractivity contribution in [2.75, 3.05) is 36.5 Å². The summed E-state index contributed by atoms with van der Waals surface area (Å²) < 4.78 is 5.39. The molecule has 3 rings (SSSR count). The maximum absolute atomic E-state index is 12.9. The van der Waals surface area contributed by atoms with E-state index in [9.17, 15) is 9.59 Å². The van der Waals surface area contributed by atoms with Crippen molar-refractivity contribution in [2.45, 2.75) is 26.3 Å². The fourth-order valence-electron chi connectivity index (χ4n) is 3.32. The van der Waals surface area contributed by atoms with Gasteiger partial charge in [-0.25, -0.2) is 0 Å². The van der Waals surface area contributed by atoms with Crippen LogP contribution in [0.5, 0.6) is 0 Å². The average molecular weight is 430 g/mol. The molecule has 0 unspecified atom stereocenters. The number of anilines is 2. The summed E-state index contributed by atoms with van der Waals surface area (Å²) in [5.74, 6) is -0.547. The Balaban J connectivity index is 1.66. The van der Waals surface area contributed by atoms with Gasteiger partial charge in [-0.1, -0.05) is 31.9 Å². The highest BCUT2D eigenvalue weighted by Crippen LogP contribution is 2.20. The van der Waals surface area contributed by atoms with E-state index >= 15 is 0 Å². The Morgan fingerprint density at radius 1 is 1.07 bits per heavy atom. The van der Waals surface area contributed by atoms with Crippen LogP contribution < -0.4 is 15.5 Å². The summed E-state index contributed by atoms with van der Waals surface area (Å²) in [5, 5.41) is 6.36. The summed E-state index contributed by atoms with van der Waals surface area (Å²) in [4.78, 5) is 27.8. The first kappa shape index (κ1) is 22.1. The Morgan fingerprint density at radius 2 is 1.70 bits per heavy atom. The Morgan fingerprint density at radius 3 is 2.30 bits per heavy atom. The molecule has 0 bridgehead atoms. The normalized spacial score (nSPS) is 15.9. The molecule has 1 fully saturated rings. The van der Waals surface area contributed by atoms with Gasteiger partial charge in [0, 0.05) is 35.1 Å². The number of benzene rings is 2. The molecule has 1 saturated heterocycles. The number of ether oxygens (including phenoxy) is 1. The number of hydrogen-bond donors (Lipinski definition) is 2. The fraction of sp³-hybridized carbons (Fsp3) is 0.391. The lowest BCUT2D eigenvalue weighted by Gasteiger charge is -2.29. The van der Waals surface area contributed by atoms with E-state index < -0.39 is 6.04 Å². The van der Waals surface area contributed by atoms with Gasteiger partial charge in [0.05, 0.1) is 13.2 Å². The molecule has 2 aromatic carbocycles. The fourth-order valence-corrected chi connectivity index (χ4v) is 3.45. The van der Waals surface area contributed by atoms with E-state index in [4.69, 9.17) is 16.3 Å². The van der Waals surface area contributed by atoms with Crippen molar-refractivity contribution in [1.82, 2.24) is 5.32 Å². The van der Waals surface area contributed by atoms with E-state index in [1.165, 1.54) is 0 Å². The number of amides is 2. The summed E-state index contributed by atoms with van der Waals surface area (Å²) in [6.07, 6.45) is 0.759. The second kappa shape index (κ2) is 10.5. The molecule has 2 amide bonds. The molecule has 0 radical (unpaired) electrons. The summed E-state index contributed by atoms with van der Waals surface area (Å²) in [6.45, 7) is 7.12. The molecule has 6 nitrogen and oxygen atoms in total. The van der Waals surface area contributed by atoms with Gasteiger partial charge in [-0.15, -0.1) is 0 Å². The minimum absolute atomic E-state index is 0.0196. The third-order valence-electron chi connectivity index (χ3n) is 5.40. The van der Waals surface area contributed by atoms with Crippen LogP contribution in [0.2, 0.25) is 5.02 Å². The zero-order chi connectivity index (χ0) is 21.5. The predicted octanol–water partition coefficient (Wildman–Crippen LogP) is 3.96. The van der Waals surface area contributed by atoms with Gasteiger partial charge in [0.15, 0.2) is 0 Å². The van der Waals surface area contributed by atoms with E-state index in [-0.39, 0.29) is 17.7 Å². The third-order valence-corrected chi connectivity index (χ3v) is 5.65. The number of carbonyl (C=O) groups is 2. The smallest absolute Gasteiger partial charge is 0.251 e. The Hall–Kier alpha value is -2.57. The lowest BCUT2D eigenvalue weighted by atomic mass is 9.97. The summed E-state index contributed by atoms with van der Waals surface area (Å²) in [5.41, 5.74) is 2.27. The highest BCUT2D eigenvalue weighted by atomic mass is 35.5. The molecule has 1 heterocycles. The van der Waals surface area contributed by atoms with Gasteiger partial charge in [0.25, 0.3) is 5.91 Å². The molecule has 7 heteroatoms. The standard InChI is InChI=1S/C23H28ClN3O3/c1-3-16(2)21(26-22(28)17-4-6-18(24)7-5-17)23(29)25-19-8-10-20(11-9-19)27-12-14-30-15-13-27/h4-11,16,21H,3,12-15H2,1-2H3,(H,25,29)(H,26,28)/t16-,21-/m0/s1. The van der Waals surface area contributed by atoms with Crippen LogP contribution in [0, 0.1) is 5.92 Å². The molecule has 2 N–H and O–H groups in total. The molecule has 30 heavy (non-hydrogen) atoms. The van der Waals surface area contributed by atoms with Crippen LogP contribution in [-0.2, 0) is 9.53 Å². The van der Waals surface area contributed by atoms with Gasteiger partial charge in [0.2, 0.25) is 5.91 Å². The quantitative estimate of drug-likeness (QED) is 0.698. The number of nitrogens with zero attached hydrogens (tertiary/aromatic N) is 1. The number of rotatable bonds is 7. The van der Waals surface area contributed by atoms with Gasteiger partial charge in [0.1, 0.15) is 6.04 Å². The number of nitrogens with one attached hydrogen (secondary N) is 2. The molecule has 0 aliphatic carbocycles. The maximum atomic E-state index is 12.9. The van der Waals surface area contributed by atoms with Crippen molar-refractivity contribution >= 4 is 34.8 Å². The molecule has 2 atom stereocenters. The third kappa shape index (κ3) is 5.74. The first-order valence-corrected chi connectivity index (χ1v) is 10.7. The van der Waals surface area contributed by atoms with E-state index in [0.29, 0.717) is 16.3 Å². The highest BCUT2D eigenvalue weighted by Gasteiger charge is 2.26. The van der Waals surface area contributed by atoms with Crippen molar-refractivity contribution in [2.24, 2.45) is 5.92 Å². The first-order chi connectivity index (χ1) is 14.5. The van der Waals surface area contributed by atoms with Crippen LogP contribution in [0.25, 0.3) is 0 Å². The second-order valence-electron chi connectivity index (χ2n) is 7.48. The molecular formula is C23H28ClN3O3. The van der Waals surface area contributed by atoms with Gasteiger partial charge in [-0.05, 0) is 54.4 Å². The molecule has 1 aliphatic heterocycles. The van der Waals surface area contributed by atoms with Gasteiger partial charge >= 0.3 is 0 Å². The van der Waals surface area contributed by atoms with Gasteiger partial charge < -0.3 is 20.3 Å². The number of hydrogen-bond acceptors (Lipinski definition) is 4. The van der Waals surface area contributed by atoms with Crippen LogP contribution in [0.1, 0.15) is 30.6 Å². The van der Waals surface area contributed by atoms with E-state index in [1.54, 1.807) is 24.3 Å². The largest absolute Gasteiger partial charge is 0.378 e. The summed E-state index contributed by atoms with van der Waals surface area (Å²) >= 11 is 5.89. The van der Waals surface area contributed by atoms with Crippen molar-refractivity contribution in [3.63, 3.8) is 0 Å². The van der Waals surface area contributed by atoms with Crippen molar-refractivity contribution in [3.05, 3.63) is 59.1 Å². The molecule has 0 saturated carbocycles. The number of halogens is 1. The zero-order valence-electron chi connectivity index (χ0n) is 17.4. The SMILES string of the molecule is CC[C@H](C)[C@H](NC(=O)c1ccc(Cl)cc1)C(=O)Nc1ccc(N2CCOCC2)cc1. The minimum atomic E-state index is -0.642. The molecule has 2 aromatic rings. The van der Waals surface area contributed by atoms with Crippen molar-refractivity contribution in [1.29, 1.82) is 0 Å². The van der Waals surface area contributed by atoms with E-state index in [2.05, 4.69) is 15.5 Å². The van der Waals surface area contributed by atoms with Crippen LogP contribution in [0.3, 0.4) is 0 Å². The predicted molar refractivity (Wildman–Crippen MR) is 120 cm³/mol. The van der Waals surface area contributed by atoms with Crippen molar-refractivity contribution < 1.29 is 14.3 Å². The maximum Gasteiger partial charge on any atom is 0.251 e. The molecule has 0 aromatic heterocycles. The van der Waals surface area contributed by atoms with Gasteiger partial charge in [-0.3, -0.25) is 9.59 Å². The molecule has 0 spiro atoms.